The molecule has 2 heterocycles. The van der Waals surface area contributed by atoms with Gasteiger partial charge in [0.2, 0.25) is 0 Å². The second-order valence-corrected chi connectivity index (χ2v) is 8.36. The molecule has 1 aliphatic heterocycles. The average molecular weight is 418 g/mol. The van der Waals surface area contributed by atoms with Crippen LogP contribution in [0, 0.1) is 0 Å². The molecule has 3 aromatic carbocycles. The number of benzene rings is 3. The number of hydrogen-bond acceptors (Lipinski definition) is 4. The first-order chi connectivity index (χ1) is 15.8. The van der Waals surface area contributed by atoms with Gasteiger partial charge < -0.3 is 4.42 Å². The molecule has 0 radical (unpaired) electrons. The Morgan fingerprint density at radius 1 is 0.844 bits per heavy atom. The molecule has 156 valence electrons. The Bertz CT molecular complexity index is 1300. The van der Waals surface area contributed by atoms with Crippen LogP contribution in [0.25, 0.3) is 0 Å². The zero-order valence-corrected chi connectivity index (χ0v) is 17.5. The quantitative estimate of drug-likeness (QED) is 0.419. The van der Waals surface area contributed by atoms with Crippen molar-refractivity contribution in [2.75, 3.05) is 5.01 Å². The standard InChI is InChI=1S/C28H22N2O2/c31-27-23-15-8-7-10-20(23)17-18-28(27)25(24-16-9-19-32-24)26(21-11-3-1-4-12-21)29-30(28)22-13-5-2-6-14-22/h1-16,19,25H,17-18H2. The lowest BCUT2D eigenvalue weighted by Crippen LogP contribution is -2.56. The van der Waals surface area contributed by atoms with Crippen LogP contribution in [0.15, 0.2) is 113 Å². The van der Waals surface area contributed by atoms with E-state index in [9.17, 15) is 4.79 Å². The molecular weight excluding hydrogens is 396 g/mol. The van der Waals surface area contributed by atoms with Gasteiger partial charge >= 0.3 is 0 Å². The monoisotopic (exact) mass is 418 g/mol. The largest absolute Gasteiger partial charge is 0.469 e. The third-order valence-corrected chi connectivity index (χ3v) is 6.67. The van der Waals surface area contributed by atoms with Gasteiger partial charge in [-0.3, -0.25) is 9.80 Å². The van der Waals surface area contributed by atoms with Gasteiger partial charge in [0.15, 0.2) is 5.78 Å². The van der Waals surface area contributed by atoms with E-state index in [-0.39, 0.29) is 11.7 Å². The molecule has 2 atom stereocenters. The number of para-hydroxylation sites is 1. The normalized spacial score (nSPS) is 22.1. The maximum atomic E-state index is 14.4. The molecule has 0 N–H and O–H groups in total. The van der Waals surface area contributed by atoms with Crippen LogP contribution >= 0.6 is 0 Å². The van der Waals surface area contributed by atoms with Crippen LogP contribution in [-0.2, 0) is 6.42 Å². The molecule has 1 spiro atoms. The molecule has 1 aliphatic carbocycles. The van der Waals surface area contributed by atoms with E-state index >= 15 is 0 Å². The number of hydrogen-bond donors (Lipinski definition) is 0. The highest BCUT2D eigenvalue weighted by Gasteiger charge is 2.60. The number of rotatable bonds is 3. The predicted octanol–water partition coefficient (Wildman–Crippen LogP) is 5.86. The summed E-state index contributed by atoms with van der Waals surface area (Å²) in [6.07, 6.45) is 3.14. The summed E-state index contributed by atoms with van der Waals surface area (Å²) in [4.78, 5) is 14.4. The second-order valence-electron chi connectivity index (χ2n) is 8.36. The number of ketones is 1. The third kappa shape index (κ3) is 2.69. The van der Waals surface area contributed by atoms with Crippen molar-refractivity contribution in [3.8, 4) is 0 Å². The van der Waals surface area contributed by atoms with E-state index in [0.717, 1.165) is 40.3 Å². The Hall–Kier alpha value is -3.92. The Labute approximate surface area is 186 Å². The summed E-state index contributed by atoms with van der Waals surface area (Å²) >= 11 is 0. The smallest absolute Gasteiger partial charge is 0.191 e. The molecule has 0 saturated heterocycles. The summed E-state index contributed by atoms with van der Waals surface area (Å²) in [5, 5.41) is 7.09. The molecule has 0 saturated carbocycles. The number of carbonyl (C=O) groups is 1. The SMILES string of the molecule is O=C1c2ccccc2CCC12C(c1ccco1)C(c1ccccc1)=NN2c1ccccc1. The zero-order chi connectivity index (χ0) is 21.5. The van der Waals surface area contributed by atoms with Crippen molar-refractivity contribution in [3.05, 3.63) is 126 Å². The number of fused-ring (bicyclic) bond motifs is 1. The topological polar surface area (TPSA) is 45.8 Å². The molecule has 4 nitrogen and oxygen atoms in total. The molecule has 0 bridgehead atoms. The van der Waals surface area contributed by atoms with Gasteiger partial charge in [0.05, 0.1) is 23.6 Å². The van der Waals surface area contributed by atoms with Gasteiger partial charge in [-0.1, -0.05) is 72.8 Å². The van der Waals surface area contributed by atoms with Crippen molar-refractivity contribution >= 4 is 17.2 Å². The first kappa shape index (κ1) is 18.8. The first-order valence-corrected chi connectivity index (χ1v) is 10.9. The zero-order valence-electron chi connectivity index (χ0n) is 17.5. The highest BCUT2D eigenvalue weighted by Crippen LogP contribution is 2.50. The summed E-state index contributed by atoms with van der Waals surface area (Å²) in [6.45, 7) is 0. The number of furan rings is 1. The van der Waals surface area contributed by atoms with Gasteiger partial charge in [-0.05, 0) is 48.2 Å². The van der Waals surface area contributed by atoms with E-state index in [2.05, 4.69) is 18.2 Å². The van der Waals surface area contributed by atoms with Crippen LogP contribution in [0.2, 0.25) is 0 Å². The van der Waals surface area contributed by atoms with Crippen molar-refractivity contribution in [1.29, 1.82) is 0 Å². The molecule has 0 fully saturated rings. The lowest BCUT2D eigenvalue weighted by Gasteiger charge is -2.43. The summed E-state index contributed by atoms with van der Waals surface area (Å²) in [7, 11) is 0. The van der Waals surface area contributed by atoms with Gasteiger partial charge in [-0.25, -0.2) is 0 Å². The van der Waals surface area contributed by atoms with Gasteiger partial charge in [0.1, 0.15) is 11.3 Å². The van der Waals surface area contributed by atoms with Crippen molar-refractivity contribution in [2.45, 2.75) is 24.3 Å². The van der Waals surface area contributed by atoms with E-state index in [1.54, 1.807) is 6.26 Å². The van der Waals surface area contributed by atoms with Crippen LogP contribution < -0.4 is 5.01 Å². The molecule has 1 aromatic heterocycles. The first-order valence-electron chi connectivity index (χ1n) is 10.9. The number of aryl methyl sites for hydroxylation is 1. The number of nitrogens with zero attached hydrogens (tertiary/aromatic N) is 2. The molecule has 2 unspecified atom stereocenters. The van der Waals surface area contributed by atoms with Crippen molar-refractivity contribution < 1.29 is 9.21 Å². The summed E-state index contributed by atoms with van der Waals surface area (Å²) in [5.41, 5.74) is 3.75. The molecular formula is C28H22N2O2. The van der Waals surface area contributed by atoms with Gasteiger partial charge in [0.25, 0.3) is 0 Å². The Balaban J connectivity index is 1.62. The molecule has 4 aromatic rings. The fraction of sp³-hybridized carbons (Fsp3) is 0.143. The van der Waals surface area contributed by atoms with E-state index in [0.29, 0.717) is 6.42 Å². The Morgan fingerprint density at radius 3 is 2.31 bits per heavy atom. The molecule has 6 rings (SSSR count). The average Bonchev–Trinajstić information content (AvgIpc) is 3.49. The van der Waals surface area contributed by atoms with Crippen LogP contribution in [0.5, 0.6) is 0 Å². The predicted molar refractivity (Wildman–Crippen MR) is 125 cm³/mol. The van der Waals surface area contributed by atoms with Gasteiger partial charge in [-0.15, -0.1) is 0 Å². The van der Waals surface area contributed by atoms with E-state index in [1.165, 1.54) is 0 Å². The second kappa shape index (κ2) is 7.34. The van der Waals surface area contributed by atoms with Crippen molar-refractivity contribution in [2.24, 2.45) is 5.10 Å². The van der Waals surface area contributed by atoms with Crippen molar-refractivity contribution in [3.63, 3.8) is 0 Å². The minimum absolute atomic E-state index is 0.0966. The summed E-state index contributed by atoms with van der Waals surface area (Å²) in [5.74, 6) is 0.541. The minimum atomic E-state index is -0.890. The van der Waals surface area contributed by atoms with Crippen LogP contribution in [0.1, 0.15) is 39.6 Å². The molecule has 2 aliphatic rings. The number of carbonyl (C=O) groups excluding carboxylic acids is 1. The summed E-state index contributed by atoms with van der Waals surface area (Å²) in [6, 6.07) is 31.9. The maximum absolute atomic E-state index is 14.4. The highest BCUT2D eigenvalue weighted by molar-refractivity contribution is 6.18. The van der Waals surface area contributed by atoms with Crippen LogP contribution in [0.4, 0.5) is 5.69 Å². The number of Topliss-reactive ketones (excluding diaryl/α,β-unsaturated/α-hetero) is 1. The third-order valence-electron chi connectivity index (χ3n) is 6.67. The lowest BCUT2D eigenvalue weighted by molar-refractivity contribution is 0.0850. The highest BCUT2D eigenvalue weighted by atomic mass is 16.3. The van der Waals surface area contributed by atoms with E-state index in [4.69, 9.17) is 9.52 Å². The molecule has 32 heavy (non-hydrogen) atoms. The van der Waals surface area contributed by atoms with Gasteiger partial charge in [0, 0.05) is 5.56 Å². The molecule has 0 amide bonds. The van der Waals surface area contributed by atoms with E-state index < -0.39 is 5.54 Å². The summed E-state index contributed by atoms with van der Waals surface area (Å²) < 4.78 is 5.96. The molecule has 4 heteroatoms. The minimum Gasteiger partial charge on any atom is -0.469 e. The Morgan fingerprint density at radius 2 is 1.56 bits per heavy atom. The van der Waals surface area contributed by atoms with Crippen LogP contribution in [-0.4, -0.2) is 17.0 Å². The fourth-order valence-electron chi connectivity index (χ4n) is 5.23. The number of hydrazone groups is 1. The van der Waals surface area contributed by atoms with E-state index in [1.807, 2.05) is 83.9 Å². The van der Waals surface area contributed by atoms with Gasteiger partial charge in [-0.2, -0.15) is 5.10 Å². The lowest BCUT2D eigenvalue weighted by atomic mass is 9.67. The van der Waals surface area contributed by atoms with Crippen LogP contribution in [0.3, 0.4) is 0 Å². The van der Waals surface area contributed by atoms with Crippen molar-refractivity contribution in [1.82, 2.24) is 0 Å². The number of anilines is 1. The Kier molecular flexibility index (Phi) is 4.32. The maximum Gasteiger partial charge on any atom is 0.191 e. The fourth-order valence-corrected chi connectivity index (χ4v) is 5.23.